The van der Waals surface area contributed by atoms with Crippen molar-refractivity contribution in [2.24, 2.45) is 0 Å². The van der Waals surface area contributed by atoms with Gasteiger partial charge in [0.05, 0.1) is 6.42 Å². The Morgan fingerprint density at radius 2 is 1.73 bits per heavy atom. The molecule has 0 radical (unpaired) electrons. The Morgan fingerprint density at radius 1 is 1.18 bits per heavy atom. The zero-order chi connectivity index (χ0) is 8.85. The fourth-order valence-electron chi connectivity index (χ4n) is 0.693. The van der Waals surface area contributed by atoms with Crippen LogP contribution in [0.15, 0.2) is 0 Å². The highest BCUT2D eigenvalue weighted by molar-refractivity contribution is 5.99. The monoisotopic (exact) mass is 155 g/mol. The van der Waals surface area contributed by atoms with Crippen LogP contribution in [-0.4, -0.2) is 17.3 Å². The van der Waals surface area contributed by atoms with E-state index >= 15 is 0 Å². The molecular weight excluding hydrogens is 142 g/mol. The highest BCUT2D eigenvalue weighted by atomic mass is 16.1. The molecule has 1 N–H and O–H groups in total. The molecule has 0 aromatic carbocycles. The number of hydrogen-bond acceptors (Lipinski definition) is 3. The minimum atomic E-state index is -0.0994. The molecule has 3 nitrogen and oxygen atoms in total. The number of rotatable bonds is 5. The highest BCUT2D eigenvalue weighted by Gasteiger charge is 2.04. The lowest BCUT2D eigenvalue weighted by atomic mass is 10.1. The fourth-order valence-corrected chi connectivity index (χ4v) is 0.693. The van der Waals surface area contributed by atoms with E-state index in [2.05, 4.69) is 0 Å². The van der Waals surface area contributed by atoms with Crippen molar-refractivity contribution >= 4 is 17.3 Å². The van der Waals surface area contributed by atoms with Crippen LogP contribution in [0.4, 0.5) is 0 Å². The van der Waals surface area contributed by atoms with Gasteiger partial charge in [-0.05, 0) is 20.3 Å². The number of carbonyl (C=O) groups is 2. The topological polar surface area (TPSA) is 58.0 Å². The Hall–Kier alpha value is -0.990. The highest BCUT2D eigenvalue weighted by Crippen LogP contribution is 1.96. The molecule has 0 spiro atoms. The molecule has 0 aliphatic carbocycles. The Morgan fingerprint density at radius 3 is 2.09 bits per heavy atom. The summed E-state index contributed by atoms with van der Waals surface area (Å²) in [6.07, 6.45) is 0.828. The predicted octanol–water partition coefficient (Wildman–Crippen LogP) is 1.35. The molecule has 0 amide bonds. The van der Waals surface area contributed by atoms with E-state index in [0.717, 1.165) is 0 Å². The third-order valence-electron chi connectivity index (χ3n) is 1.22. The lowest BCUT2D eigenvalue weighted by Gasteiger charge is -1.95. The molecule has 0 atom stereocenters. The smallest absolute Gasteiger partial charge is 0.140 e. The molecular formula is C8H13NO2. The molecule has 0 saturated carbocycles. The van der Waals surface area contributed by atoms with Crippen molar-refractivity contribution in [3.8, 4) is 0 Å². The summed E-state index contributed by atoms with van der Waals surface area (Å²) in [6.45, 7) is 3.05. The second-order valence-corrected chi connectivity index (χ2v) is 2.70. The first-order chi connectivity index (χ1) is 5.02. The Balaban J connectivity index is 3.53. The fraction of sp³-hybridized carbons (Fsp3) is 0.625. The average molecular weight is 155 g/mol. The molecule has 0 aromatic heterocycles. The molecule has 0 aliphatic heterocycles. The summed E-state index contributed by atoms with van der Waals surface area (Å²) in [7, 11) is 0. The van der Waals surface area contributed by atoms with Gasteiger partial charge >= 0.3 is 0 Å². The molecule has 0 saturated heterocycles. The maximum Gasteiger partial charge on any atom is 0.140 e. The van der Waals surface area contributed by atoms with E-state index in [9.17, 15) is 9.59 Å². The second kappa shape index (κ2) is 4.77. The standard InChI is InChI=1S/C8H13NO2/c1-6(9)3-4-8(11)5-7(2)10/h9H,3-5H2,1-2H3. The van der Waals surface area contributed by atoms with Gasteiger partial charge in [0.2, 0.25) is 0 Å². The van der Waals surface area contributed by atoms with Gasteiger partial charge in [-0.3, -0.25) is 9.59 Å². The molecule has 0 bridgehead atoms. The van der Waals surface area contributed by atoms with Gasteiger partial charge in [-0.15, -0.1) is 0 Å². The van der Waals surface area contributed by atoms with E-state index in [1.54, 1.807) is 6.92 Å². The van der Waals surface area contributed by atoms with Gasteiger partial charge in [0.1, 0.15) is 11.6 Å². The van der Waals surface area contributed by atoms with Gasteiger partial charge in [0.15, 0.2) is 0 Å². The van der Waals surface area contributed by atoms with Gasteiger partial charge in [-0.1, -0.05) is 0 Å². The largest absolute Gasteiger partial charge is 0.310 e. The third-order valence-corrected chi connectivity index (χ3v) is 1.22. The van der Waals surface area contributed by atoms with Gasteiger partial charge < -0.3 is 5.41 Å². The zero-order valence-corrected chi connectivity index (χ0v) is 6.94. The van der Waals surface area contributed by atoms with Crippen molar-refractivity contribution in [3.63, 3.8) is 0 Å². The normalized spacial score (nSPS) is 9.27. The molecule has 3 heteroatoms. The maximum atomic E-state index is 10.8. The molecule has 0 fully saturated rings. The number of carbonyl (C=O) groups excluding carboxylic acids is 2. The molecule has 0 rings (SSSR count). The number of hydrogen-bond donors (Lipinski definition) is 1. The first-order valence-corrected chi connectivity index (χ1v) is 3.57. The van der Waals surface area contributed by atoms with E-state index in [1.165, 1.54) is 6.92 Å². The number of Topliss-reactive ketones (excluding diaryl/α,β-unsaturated/α-hetero) is 2. The van der Waals surface area contributed by atoms with Crippen LogP contribution in [0.25, 0.3) is 0 Å². The van der Waals surface area contributed by atoms with E-state index < -0.39 is 0 Å². The maximum absolute atomic E-state index is 10.8. The van der Waals surface area contributed by atoms with Crippen molar-refractivity contribution in [3.05, 3.63) is 0 Å². The van der Waals surface area contributed by atoms with Crippen LogP contribution in [0.2, 0.25) is 0 Å². The van der Waals surface area contributed by atoms with E-state index in [1.807, 2.05) is 0 Å². The molecule has 0 aliphatic rings. The third kappa shape index (κ3) is 6.90. The van der Waals surface area contributed by atoms with E-state index in [0.29, 0.717) is 18.6 Å². The minimum absolute atomic E-state index is 0.0211. The van der Waals surface area contributed by atoms with Crippen LogP contribution in [0.3, 0.4) is 0 Å². The van der Waals surface area contributed by atoms with Crippen LogP contribution in [-0.2, 0) is 9.59 Å². The summed E-state index contributed by atoms with van der Waals surface area (Å²) in [4.78, 5) is 21.3. The summed E-state index contributed by atoms with van der Waals surface area (Å²) in [6, 6.07) is 0. The van der Waals surface area contributed by atoms with E-state index in [-0.39, 0.29) is 18.0 Å². The first-order valence-electron chi connectivity index (χ1n) is 3.57. The van der Waals surface area contributed by atoms with Crippen LogP contribution in [0.1, 0.15) is 33.1 Å². The van der Waals surface area contributed by atoms with Crippen molar-refractivity contribution in [1.29, 1.82) is 5.41 Å². The minimum Gasteiger partial charge on any atom is -0.310 e. The molecule has 0 aromatic rings. The summed E-state index contributed by atoms with van der Waals surface area (Å²) in [5.41, 5.74) is 0.488. The van der Waals surface area contributed by atoms with E-state index in [4.69, 9.17) is 5.41 Å². The quantitative estimate of drug-likeness (QED) is 0.481. The lowest BCUT2D eigenvalue weighted by Crippen LogP contribution is -2.05. The van der Waals surface area contributed by atoms with Gasteiger partial charge in [-0.25, -0.2) is 0 Å². The van der Waals surface area contributed by atoms with Crippen molar-refractivity contribution < 1.29 is 9.59 Å². The molecule has 11 heavy (non-hydrogen) atoms. The molecule has 0 heterocycles. The van der Waals surface area contributed by atoms with Crippen molar-refractivity contribution in [1.82, 2.24) is 0 Å². The van der Waals surface area contributed by atoms with Crippen LogP contribution in [0.5, 0.6) is 0 Å². The number of ketones is 2. The first kappa shape index (κ1) is 10.0. The number of nitrogens with one attached hydrogen (secondary N) is 1. The van der Waals surface area contributed by atoms with Crippen LogP contribution >= 0.6 is 0 Å². The van der Waals surface area contributed by atoms with Crippen molar-refractivity contribution in [2.45, 2.75) is 33.1 Å². The average Bonchev–Trinajstić information content (AvgIpc) is 1.82. The lowest BCUT2D eigenvalue weighted by molar-refractivity contribution is -0.125. The van der Waals surface area contributed by atoms with Gasteiger partial charge in [0.25, 0.3) is 0 Å². The molecule has 62 valence electrons. The summed E-state index contributed by atoms with van der Waals surface area (Å²) >= 11 is 0. The van der Waals surface area contributed by atoms with Crippen LogP contribution in [0, 0.1) is 5.41 Å². The second-order valence-electron chi connectivity index (χ2n) is 2.70. The Bertz CT molecular complexity index is 185. The van der Waals surface area contributed by atoms with Crippen molar-refractivity contribution in [2.75, 3.05) is 0 Å². The predicted molar refractivity (Wildman–Crippen MR) is 42.9 cm³/mol. The van der Waals surface area contributed by atoms with Gasteiger partial charge in [-0.2, -0.15) is 0 Å². The SMILES string of the molecule is CC(=N)CCC(=O)CC(C)=O. The summed E-state index contributed by atoms with van der Waals surface area (Å²) in [5, 5.41) is 7.03. The zero-order valence-electron chi connectivity index (χ0n) is 6.94. The summed E-state index contributed by atoms with van der Waals surface area (Å²) < 4.78 is 0. The molecule has 0 unspecified atom stereocenters. The van der Waals surface area contributed by atoms with Gasteiger partial charge in [0, 0.05) is 12.1 Å². The van der Waals surface area contributed by atoms with Crippen LogP contribution < -0.4 is 0 Å². The Labute approximate surface area is 66.3 Å². The Kier molecular flexibility index (Phi) is 4.34. The summed E-state index contributed by atoms with van der Waals surface area (Å²) in [5.74, 6) is -0.165.